The second kappa shape index (κ2) is 17.7. The highest BCUT2D eigenvalue weighted by molar-refractivity contribution is 5.70. The third-order valence-corrected chi connectivity index (χ3v) is 5.17. The van der Waals surface area contributed by atoms with Crippen LogP contribution in [0.3, 0.4) is 0 Å². The first-order valence-electron chi connectivity index (χ1n) is 13.5. The molecule has 246 valence electrons. The first-order valence-corrected chi connectivity index (χ1v) is 13.5. The van der Waals surface area contributed by atoms with E-state index in [4.69, 9.17) is 25.2 Å². The minimum absolute atomic E-state index is 0.223. The maximum absolute atomic E-state index is 11.6. The van der Waals surface area contributed by atoms with Gasteiger partial charge in [-0.1, -0.05) is 22.3 Å². The van der Waals surface area contributed by atoms with E-state index < -0.39 is 23.8 Å². The van der Waals surface area contributed by atoms with E-state index >= 15 is 0 Å². The molecule has 0 aliphatic heterocycles. The predicted octanol–water partition coefficient (Wildman–Crippen LogP) is 1.35. The molecule has 0 spiro atoms. The van der Waals surface area contributed by atoms with Crippen molar-refractivity contribution >= 4 is 12.1 Å². The van der Waals surface area contributed by atoms with Gasteiger partial charge >= 0.3 is 12.3 Å². The van der Waals surface area contributed by atoms with Crippen molar-refractivity contribution in [3.05, 3.63) is 83.4 Å². The van der Waals surface area contributed by atoms with Gasteiger partial charge in [-0.25, -0.2) is 14.2 Å². The van der Waals surface area contributed by atoms with E-state index in [1.807, 2.05) is 42.6 Å². The largest absolute Gasteiger partial charge is 0.542 e. The van der Waals surface area contributed by atoms with Crippen LogP contribution in [0.4, 0.5) is 18.0 Å². The van der Waals surface area contributed by atoms with Crippen molar-refractivity contribution in [2.45, 2.75) is 45.6 Å². The molecule has 2 aromatic heterocycles. The van der Waals surface area contributed by atoms with E-state index in [0.29, 0.717) is 12.2 Å². The Morgan fingerprint density at radius 3 is 1.62 bits per heavy atom. The Kier molecular flexibility index (Phi) is 13.8. The molecule has 48 heavy (non-hydrogen) atoms. The maximum Gasteiger partial charge on any atom is 0.430 e. The van der Waals surface area contributed by atoms with Crippen molar-refractivity contribution in [1.82, 2.24) is 35.3 Å². The molecule has 2 heterocycles. The number of amides is 1. The van der Waals surface area contributed by atoms with E-state index in [0.717, 1.165) is 28.2 Å². The number of nitriles is 2. The second-order valence-corrected chi connectivity index (χ2v) is 10.0. The maximum atomic E-state index is 11.6. The molecule has 14 nitrogen and oxygen atoms in total. The van der Waals surface area contributed by atoms with E-state index in [9.17, 15) is 18.0 Å². The summed E-state index contributed by atoms with van der Waals surface area (Å²) in [4.78, 5) is 20.4. The number of hydrogen-bond acceptors (Lipinski definition) is 10. The van der Waals surface area contributed by atoms with Crippen LogP contribution in [0.2, 0.25) is 0 Å². The summed E-state index contributed by atoms with van der Waals surface area (Å²) in [5, 5.41) is 44.2. The van der Waals surface area contributed by atoms with Crippen LogP contribution in [-0.4, -0.2) is 53.8 Å². The number of aliphatic carboxylic acids is 1. The van der Waals surface area contributed by atoms with Gasteiger partial charge in [0.15, 0.2) is 12.1 Å². The zero-order chi connectivity index (χ0) is 35.7. The lowest BCUT2D eigenvalue weighted by atomic mass is 10.2. The molecule has 4 rings (SSSR count). The number of halogens is 3. The molecule has 0 fully saturated rings. The lowest BCUT2D eigenvalue weighted by molar-refractivity contribution is -0.387. The number of benzene rings is 2. The van der Waals surface area contributed by atoms with Crippen LogP contribution in [0.25, 0.3) is 11.4 Å². The number of aromatic nitrogens is 6. The Morgan fingerprint density at radius 1 is 0.854 bits per heavy atom. The fraction of sp³-hybridized carbons (Fsp3) is 0.226. The minimum atomic E-state index is -5.19. The number of carbonyl (C=O) groups excluding carboxylic acids is 2. The number of carboxylic acids is 1. The summed E-state index contributed by atoms with van der Waals surface area (Å²) < 4.78 is 40.0. The molecular formula is C31H27F3N10O4. The molecule has 0 aliphatic carbocycles. The van der Waals surface area contributed by atoms with Crippen LogP contribution in [0, 0.1) is 46.3 Å². The summed E-state index contributed by atoms with van der Waals surface area (Å²) in [7, 11) is 0. The monoisotopic (exact) mass is 660 g/mol. The normalized spacial score (nSPS) is 10.0. The number of rotatable bonds is 5. The summed E-state index contributed by atoms with van der Waals surface area (Å²) in [6.07, 6.45) is -2.14. The number of quaternary nitrogens is 1. The Balaban J connectivity index is 0.000000289. The highest BCUT2D eigenvalue weighted by atomic mass is 19.4. The molecule has 0 unspecified atom stereocenters. The number of nitrogens with zero attached hydrogens (tertiary/aromatic N) is 8. The lowest BCUT2D eigenvalue weighted by Crippen LogP contribution is -2.47. The Labute approximate surface area is 272 Å². The van der Waals surface area contributed by atoms with Crippen LogP contribution in [-0.2, 0) is 22.6 Å². The summed E-state index contributed by atoms with van der Waals surface area (Å²) in [5.74, 6) is 7.12. The first kappa shape index (κ1) is 37.5. The second-order valence-electron chi connectivity index (χ2n) is 10.0. The van der Waals surface area contributed by atoms with Crippen LogP contribution < -0.4 is 16.2 Å². The van der Waals surface area contributed by atoms with Gasteiger partial charge in [0, 0.05) is 23.0 Å². The van der Waals surface area contributed by atoms with Crippen LogP contribution in [0.5, 0.6) is 0 Å². The Bertz CT molecular complexity index is 1890. The molecule has 0 radical (unpaired) electrons. The van der Waals surface area contributed by atoms with Gasteiger partial charge in [-0.05, 0) is 69.3 Å². The van der Waals surface area contributed by atoms with Gasteiger partial charge in [-0.2, -0.15) is 23.7 Å². The predicted molar refractivity (Wildman–Crippen MR) is 158 cm³/mol. The Morgan fingerprint density at radius 2 is 1.27 bits per heavy atom. The third kappa shape index (κ3) is 13.5. The fourth-order valence-electron chi connectivity index (χ4n) is 3.12. The molecule has 0 saturated heterocycles. The SMILES string of the molecule is CC(C)(C)OC(=O)NCc1cn(-c2ccc(C#CC#N)cc2)nn1.N#CC#Cc1ccc(-n2cc(C[NH3+])nn2)cc1.O=C([O-])C(F)(F)F. The van der Waals surface area contributed by atoms with Crippen molar-refractivity contribution in [1.29, 1.82) is 10.5 Å². The van der Waals surface area contributed by atoms with E-state index in [1.165, 1.54) is 0 Å². The molecular weight excluding hydrogens is 633 g/mol. The molecule has 0 atom stereocenters. The van der Waals surface area contributed by atoms with Crippen molar-refractivity contribution in [3.63, 3.8) is 0 Å². The number of ether oxygens (including phenoxy) is 1. The number of nitrogens with one attached hydrogen (secondary N) is 1. The van der Waals surface area contributed by atoms with Crippen molar-refractivity contribution in [3.8, 4) is 47.2 Å². The topological polar surface area (TPSA) is 215 Å². The van der Waals surface area contributed by atoms with Gasteiger partial charge in [0.05, 0.1) is 30.3 Å². The van der Waals surface area contributed by atoms with Crippen LogP contribution >= 0.6 is 0 Å². The van der Waals surface area contributed by atoms with Crippen molar-refractivity contribution in [2.75, 3.05) is 0 Å². The zero-order valence-corrected chi connectivity index (χ0v) is 25.7. The first-order chi connectivity index (χ1) is 22.6. The van der Waals surface area contributed by atoms with Gasteiger partial charge < -0.3 is 25.7 Å². The summed E-state index contributed by atoms with van der Waals surface area (Å²) in [6.45, 7) is 6.24. The molecule has 0 aliphatic rings. The average molecular weight is 661 g/mol. The molecule has 2 aromatic carbocycles. The van der Waals surface area contributed by atoms with E-state index in [2.05, 4.69) is 55.4 Å². The average Bonchev–Trinajstić information content (AvgIpc) is 3.72. The van der Waals surface area contributed by atoms with Crippen molar-refractivity contribution in [2.24, 2.45) is 0 Å². The van der Waals surface area contributed by atoms with Gasteiger partial charge in [-0.3, -0.25) is 0 Å². The third-order valence-electron chi connectivity index (χ3n) is 5.17. The van der Waals surface area contributed by atoms with Gasteiger partial charge in [0.1, 0.15) is 29.5 Å². The highest BCUT2D eigenvalue weighted by Gasteiger charge is 2.28. The lowest BCUT2D eigenvalue weighted by Gasteiger charge is -2.19. The smallest absolute Gasteiger partial charge is 0.430 e. The highest BCUT2D eigenvalue weighted by Crippen LogP contribution is 2.12. The van der Waals surface area contributed by atoms with Crippen LogP contribution in [0.1, 0.15) is 43.3 Å². The molecule has 17 heteroatoms. The number of carbonyl (C=O) groups is 2. The van der Waals surface area contributed by atoms with E-state index in [-0.39, 0.29) is 6.54 Å². The quantitative estimate of drug-likeness (QED) is 0.293. The van der Waals surface area contributed by atoms with Gasteiger partial charge in [-0.15, -0.1) is 10.2 Å². The summed E-state index contributed by atoms with van der Waals surface area (Å²) in [6, 6.07) is 18.2. The molecule has 4 aromatic rings. The Hall–Kier alpha value is -6.69. The molecule has 0 saturated carbocycles. The number of hydrogen-bond donors (Lipinski definition) is 2. The summed E-state index contributed by atoms with van der Waals surface area (Å²) in [5.41, 5.74) is 7.90. The van der Waals surface area contributed by atoms with E-state index in [1.54, 1.807) is 60.6 Å². The minimum Gasteiger partial charge on any atom is -0.542 e. The van der Waals surface area contributed by atoms with Crippen molar-refractivity contribution < 1.29 is 38.3 Å². The molecule has 0 bridgehead atoms. The standard InChI is InChI=1S/C17H17N5O2.C12H9N5.C2HF3O2/c1-17(2,3)24-16(23)19-11-14-12-22(21-20-14)15-8-6-13(7-9-15)5-4-10-18;13-7-1-2-10-3-5-12(6-4-10)17-9-11(8-14)15-16-17;3-2(4,5)1(6)7/h6-9,12H,11H2,1-3H3,(H,19,23);3-6,9H,8,14H2;(H,6,7). The van der Waals surface area contributed by atoms with Gasteiger partial charge in [0.2, 0.25) is 0 Å². The molecule has 4 N–H and O–H groups in total. The number of carboxylic acid groups (broad SMARTS) is 1. The fourth-order valence-corrected chi connectivity index (χ4v) is 3.12. The van der Waals surface area contributed by atoms with Gasteiger partial charge in [0.25, 0.3) is 0 Å². The number of alkyl carbamates (subject to hydrolysis) is 1. The molecule has 1 amide bonds. The number of alkyl halides is 3. The van der Waals surface area contributed by atoms with Crippen LogP contribution in [0.15, 0.2) is 60.9 Å². The summed E-state index contributed by atoms with van der Waals surface area (Å²) >= 11 is 0. The zero-order valence-electron chi connectivity index (χ0n) is 25.7.